The third kappa shape index (κ3) is 2.71. The summed E-state index contributed by atoms with van der Waals surface area (Å²) in [5.74, 6) is -4.02. The zero-order valence-corrected chi connectivity index (χ0v) is 12.8. The molecule has 1 aliphatic rings. The Morgan fingerprint density at radius 1 is 1.29 bits per heavy atom. The minimum atomic E-state index is -1.56. The van der Waals surface area contributed by atoms with Crippen LogP contribution in [0.2, 0.25) is 0 Å². The Bertz CT molecular complexity index is 767. The summed E-state index contributed by atoms with van der Waals surface area (Å²) < 4.78 is 0. The van der Waals surface area contributed by atoms with Gasteiger partial charge in [-0.05, 0) is 31.5 Å². The van der Waals surface area contributed by atoms with E-state index in [2.05, 4.69) is 0 Å². The number of non-ortho nitro benzene ring substituents is 1. The number of carboxylic acid groups (broad SMARTS) is 1. The van der Waals surface area contributed by atoms with Crippen LogP contribution in [-0.2, 0) is 14.4 Å². The summed E-state index contributed by atoms with van der Waals surface area (Å²) in [4.78, 5) is 46.1. The number of nitrogens with zero attached hydrogens (tertiary/aromatic N) is 2. The number of carbonyl (C=O) groups excluding carboxylic acids is 3. The third-order valence-electron chi connectivity index (χ3n) is 3.80. The van der Waals surface area contributed by atoms with Crippen molar-refractivity contribution in [2.45, 2.75) is 25.9 Å². The molecule has 0 spiro atoms. The molecule has 0 saturated heterocycles. The minimum Gasteiger partial charge on any atom is -0.548 e. The highest BCUT2D eigenvalue weighted by molar-refractivity contribution is 6.09. The molecule has 0 aromatic heterocycles. The average Bonchev–Trinajstić information content (AvgIpc) is 2.78. The summed E-state index contributed by atoms with van der Waals surface area (Å²) in [5, 5.41) is 31.8. The molecule has 1 aliphatic heterocycles. The molecule has 126 valence electrons. The van der Waals surface area contributed by atoms with Crippen molar-refractivity contribution in [3.05, 3.63) is 51.3 Å². The molecule has 1 amide bonds. The Morgan fingerprint density at radius 3 is 2.25 bits per heavy atom. The van der Waals surface area contributed by atoms with Crippen LogP contribution in [0.5, 0.6) is 0 Å². The van der Waals surface area contributed by atoms with E-state index in [0.717, 1.165) is 24.0 Å². The van der Waals surface area contributed by atoms with E-state index in [-0.39, 0.29) is 16.8 Å². The number of nitro groups is 1. The number of hydrogen-bond acceptors (Lipinski definition) is 7. The Morgan fingerprint density at radius 2 is 1.83 bits per heavy atom. The molecule has 0 aliphatic carbocycles. The molecule has 24 heavy (non-hydrogen) atoms. The molecule has 2 rings (SSSR count). The first-order valence-corrected chi connectivity index (χ1v) is 6.88. The topological polar surface area (TPSA) is 141 Å². The van der Waals surface area contributed by atoms with Gasteiger partial charge in [-0.3, -0.25) is 19.7 Å². The number of aliphatic hydroxyl groups is 1. The Balaban J connectivity index is 2.58. The molecule has 9 heteroatoms. The van der Waals surface area contributed by atoms with Crippen LogP contribution in [0.15, 0.2) is 35.6 Å². The summed E-state index contributed by atoms with van der Waals surface area (Å²) in [6, 6.07) is 2.34. The molecular weight excluding hydrogens is 320 g/mol. The maximum Gasteiger partial charge on any atom is 0.290 e. The number of Topliss-reactive ketones (excluding diaryl/α,β-unsaturated/α-hetero) is 1. The molecule has 0 radical (unpaired) electrons. The van der Waals surface area contributed by atoms with Crippen molar-refractivity contribution < 1.29 is 29.5 Å². The lowest BCUT2D eigenvalue weighted by Gasteiger charge is -2.32. The summed E-state index contributed by atoms with van der Waals surface area (Å²) in [5.41, 5.74) is -0.210. The van der Waals surface area contributed by atoms with E-state index in [1.54, 1.807) is 0 Å². The van der Waals surface area contributed by atoms with Crippen molar-refractivity contribution in [2.75, 3.05) is 0 Å². The van der Waals surface area contributed by atoms with Gasteiger partial charge in [0.25, 0.3) is 11.6 Å². The molecule has 0 unspecified atom stereocenters. The SMILES string of the molecule is CC(=O)C1=C(O)C(=O)N([C@@H](C)C(=O)[O-])[C@H]1c1ccc([N+](=O)[O-])cc1. The first kappa shape index (κ1) is 17.1. The number of ketones is 1. The predicted molar refractivity (Wildman–Crippen MR) is 77.5 cm³/mol. The van der Waals surface area contributed by atoms with Crippen LogP contribution in [-0.4, -0.2) is 38.6 Å². The van der Waals surface area contributed by atoms with Gasteiger partial charge in [-0.1, -0.05) is 0 Å². The fraction of sp³-hybridized carbons (Fsp3) is 0.267. The van der Waals surface area contributed by atoms with Gasteiger partial charge in [-0.15, -0.1) is 0 Å². The number of benzene rings is 1. The quantitative estimate of drug-likeness (QED) is 0.591. The number of nitro benzene ring substituents is 1. The van der Waals surface area contributed by atoms with Gasteiger partial charge >= 0.3 is 0 Å². The number of carboxylic acids is 1. The van der Waals surface area contributed by atoms with E-state index in [1.165, 1.54) is 19.1 Å². The maximum absolute atomic E-state index is 12.2. The smallest absolute Gasteiger partial charge is 0.290 e. The fourth-order valence-corrected chi connectivity index (χ4v) is 2.60. The number of carbonyl (C=O) groups is 3. The lowest BCUT2D eigenvalue weighted by atomic mass is 9.96. The van der Waals surface area contributed by atoms with Crippen LogP contribution >= 0.6 is 0 Å². The Hall–Kier alpha value is -3.23. The van der Waals surface area contributed by atoms with Gasteiger partial charge in [-0.25, -0.2) is 0 Å². The first-order chi connectivity index (χ1) is 11.2. The summed E-state index contributed by atoms with van der Waals surface area (Å²) in [6.07, 6.45) is 0. The third-order valence-corrected chi connectivity index (χ3v) is 3.80. The van der Waals surface area contributed by atoms with Gasteiger partial charge in [0, 0.05) is 12.1 Å². The minimum absolute atomic E-state index is 0.208. The number of amides is 1. The predicted octanol–water partition coefficient (Wildman–Crippen LogP) is 0.0176. The van der Waals surface area contributed by atoms with Crippen LogP contribution in [0.4, 0.5) is 5.69 Å². The number of aliphatic hydroxyl groups excluding tert-OH is 1. The average molecular weight is 333 g/mol. The van der Waals surface area contributed by atoms with Crippen molar-refractivity contribution in [3.8, 4) is 0 Å². The van der Waals surface area contributed by atoms with E-state index >= 15 is 0 Å². The molecule has 0 fully saturated rings. The van der Waals surface area contributed by atoms with E-state index in [4.69, 9.17) is 0 Å². The van der Waals surface area contributed by atoms with Crippen molar-refractivity contribution in [1.29, 1.82) is 0 Å². The van der Waals surface area contributed by atoms with Crippen molar-refractivity contribution >= 4 is 23.3 Å². The van der Waals surface area contributed by atoms with Crippen LogP contribution in [0.3, 0.4) is 0 Å². The van der Waals surface area contributed by atoms with Crippen LogP contribution in [0.25, 0.3) is 0 Å². The van der Waals surface area contributed by atoms with Crippen LogP contribution in [0.1, 0.15) is 25.5 Å². The van der Waals surface area contributed by atoms with Crippen molar-refractivity contribution in [1.82, 2.24) is 4.90 Å². The molecule has 1 heterocycles. The van der Waals surface area contributed by atoms with Gasteiger partial charge in [0.05, 0.1) is 28.5 Å². The lowest BCUT2D eigenvalue weighted by Crippen LogP contribution is -2.48. The molecule has 2 atom stereocenters. The molecule has 1 aromatic rings. The van der Waals surface area contributed by atoms with E-state index < -0.39 is 40.4 Å². The highest BCUT2D eigenvalue weighted by Crippen LogP contribution is 2.39. The standard InChI is InChI=1S/C15H14N2O7/c1-7(15(21)22)16-12(11(8(2)18)13(19)14(16)20)9-3-5-10(6-4-9)17(23)24/h3-7,12,19H,1-2H3,(H,21,22)/p-1/t7-,12-/m0/s1. The fourth-order valence-electron chi connectivity index (χ4n) is 2.60. The maximum atomic E-state index is 12.2. The van der Waals surface area contributed by atoms with Gasteiger partial charge in [0.15, 0.2) is 11.5 Å². The largest absolute Gasteiger partial charge is 0.548 e. The number of aliphatic carboxylic acids is 1. The van der Waals surface area contributed by atoms with E-state index in [9.17, 15) is 34.7 Å². The normalized spacial score (nSPS) is 18.7. The second-order valence-electron chi connectivity index (χ2n) is 5.28. The second-order valence-corrected chi connectivity index (χ2v) is 5.28. The monoisotopic (exact) mass is 333 g/mol. The van der Waals surface area contributed by atoms with Gasteiger partial charge < -0.3 is 19.9 Å². The summed E-state index contributed by atoms with van der Waals surface area (Å²) in [6.45, 7) is 2.31. The Kier molecular flexibility index (Phi) is 4.36. The summed E-state index contributed by atoms with van der Waals surface area (Å²) >= 11 is 0. The molecule has 9 nitrogen and oxygen atoms in total. The lowest BCUT2D eigenvalue weighted by molar-refractivity contribution is -0.384. The molecule has 1 aromatic carbocycles. The highest BCUT2D eigenvalue weighted by Gasteiger charge is 2.44. The molecule has 1 N–H and O–H groups in total. The highest BCUT2D eigenvalue weighted by atomic mass is 16.6. The van der Waals surface area contributed by atoms with E-state index in [1.807, 2.05) is 0 Å². The van der Waals surface area contributed by atoms with Crippen molar-refractivity contribution in [2.24, 2.45) is 0 Å². The number of rotatable bonds is 5. The Labute approximate surface area is 136 Å². The zero-order chi connectivity index (χ0) is 18.2. The number of hydrogen-bond donors (Lipinski definition) is 1. The summed E-state index contributed by atoms with van der Waals surface area (Å²) in [7, 11) is 0. The molecule has 0 saturated carbocycles. The van der Waals surface area contributed by atoms with Gasteiger partial charge in [0.2, 0.25) is 0 Å². The molecule has 0 bridgehead atoms. The van der Waals surface area contributed by atoms with Gasteiger partial charge in [-0.2, -0.15) is 0 Å². The van der Waals surface area contributed by atoms with Crippen molar-refractivity contribution in [3.63, 3.8) is 0 Å². The van der Waals surface area contributed by atoms with E-state index in [0.29, 0.717) is 0 Å². The van der Waals surface area contributed by atoms with Crippen LogP contribution in [0, 0.1) is 10.1 Å². The first-order valence-electron chi connectivity index (χ1n) is 6.88. The molecular formula is C15H13N2O7-. The van der Waals surface area contributed by atoms with Gasteiger partial charge in [0.1, 0.15) is 0 Å². The zero-order valence-electron chi connectivity index (χ0n) is 12.8. The second kappa shape index (κ2) is 6.11. The van der Waals surface area contributed by atoms with Crippen LogP contribution < -0.4 is 5.11 Å².